The molecule has 0 aliphatic heterocycles. The molecule has 0 radical (unpaired) electrons. The topological polar surface area (TPSA) is 54.0 Å². The van der Waals surface area contributed by atoms with Gasteiger partial charge in [-0.1, -0.05) is 35.9 Å². The molecule has 2 amide bonds. The molecule has 0 spiro atoms. The molecule has 3 rings (SSSR count). The van der Waals surface area contributed by atoms with Gasteiger partial charge in [0, 0.05) is 29.6 Å². The van der Waals surface area contributed by atoms with Gasteiger partial charge in [0.1, 0.15) is 10.8 Å². The maximum absolute atomic E-state index is 13.3. The number of hydrogen-bond acceptors (Lipinski definition) is 3. The summed E-state index contributed by atoms with van der Waals surface area (Å²) in [7, 11) is 0. The van der Waals surface area contributed by atoms with Gasteiger partial charge in [0.15, 0.2) is 0 Å². The lowest BCUT2D eigenvalue weighted by Gasteiger charge is -2.09. The smallest absolute Gasteiger partial charge is 0.319 e. The molecule has 3 aromatic rings. The van der Waals surface area contributed by atoms with Crippen LogP contribution in [0, 0.1) is 19.7 Å². The first-order valence-corrected chi connectivity index (χ1v) is 9.21. The van der Waals surface area contributed by atoms with Crippen LogP contribution in [0.3, 0.4) is 0 Å². The normalized spacial score (nSPS) is 10.6. The van der Waals surface area contributed by atoms with Crippen LogP contribution in [0.2, 0.25) is 0 Å². The van der Waals surface area contributed by atoms with E-state index in [2.05, 4.69) is 46.8 Å². The number of benzene rings is 2. The number of nitrogens with one attached hydrogen (secondary N) is 2. The molecular weight excluding hydrogens is 349 g/mol. The van der Waals surface area contributed by atoms with E-state index in [0.717, 1.165) is 21.8 Å². The molecule has 0 unspecified atom stereocenters. The van der Waals surface area contributed by atoms with Crippen LogP contribution in [0.25, 0.3) is 10.6 Å². The molecule has 2 aromatic carbocycles. The monoisotopic (exact) mass is 369 g/mol. The van der Waals surface area contributed by atoms with Gasteiger partial charge in [-0.05, 0) is 31.5 Å². The Morgan fingerprint density at radius 2 is 1.92 bits per heavy atom. The number of nitrogens with zero attached hydrogens (tertiary/aromatic N) is 1. The highest BCUT2D eigenvalue weighted by atomic mass is 32.1. The maximum Gasteiger partial charge on any atom is 0.319 e. The quantitative estimate of drug-likeness (QED) is 0.670. The van der Waals surface area contributed by atoms with E-state index in [0.29, 0.717) is 18.7 Å². The molecule has 0 aliphatic carbocycles. The van der Waals surface area contributed by atoms with Crippen molar-refractivity contribution in [3.63, 3.8) is 0 Å². The van der Waals surface area contributed by atoms with Crippen LogP contribution in [0.1, 0.15) is 16.8 Å². The fourth-order valence-corrected chi connectivity index (χ4v) is 3.31. The summed E-state index contributed by atoms with van der Waals surface area (Å²) in [6, 6.07) is 12.2. The Kier molecular flexibility index (Phi) is 5.63. The van der Waals surface area contributed by atoms with E-state index < -0.39 is 0 Å². The molecule has 0 atom stereocenters. The van der Waals surface area contributed by atoms with E-state index in [1.54, 1.807) is 17.4 Å². The van der Waals surface area contributed by atoms with Crippen LogP contribution in [-0.2, 0) is 6.42 Å². The fourth-order valence-electron chi connectivity index (χ4n) is 2.45. The Balaban J connectivity index is 1.51. The molecule has 1 aromatic heterocycles. The maximum atomic E-state index is 13.3. The van der Waals surface area contributed by atoms with Crippen molar-refractivity contribution in [2.45, 2.75) is 20.3 Å². The van der Waals surface area contributed by atoms with E-state index in [4.69, 9.17) is 0 Å². The molecule has 6 heteroatoms. The van der Waals surface area contributed by atoms with Crippen LogP contribution >= 0.6 is 11.3 Å². The lowest BCUT2D eigenvalue weighted by atomic mass is 10.2. The summed E-state index contributed by atoms with van der Waals surface area (Å²) in [5, 5.41) is 8.42. The first-order valence-electron chi connectivity index (χ1n) is 8.34. The molecule has 1 heterocycles. The zero-order valence-electron chi connectivity index (χ0n) is 14.7. The van der Waals surface area contributed by atoms with Gasteiger partial charge in [-0.3, -0.25) is 0 Å². The molecule has 0 fully saturated rings. The van der Waals surface area contributed by atoms with E-state index in [9.17, 15) is 9.18 Å². The van der Waals surface area contributed by atoms with Gasteiger partial charge < -0.3 is 10.6 Å². The summed E-state index contributed by atoms with van der Waals surface area (Å²) in [5.41, 5.74) is 4.53. The van der Waals surface area contributed by atoms with Crippen LogP contribution in [0.15, 0.2) is 47.8 Å². The standard InChI is InChI=1S/C20H20FN3OS/c1-13-3-6-15(7-4-13)19-23-17(12-26-19)9-10-22-20(25)24-18-11-16(21)8-5-14(18)2/h3-8,11-12H,9-10H2,1-2H3,(H2,22,24,25). The Labute approximate surface area is 156 Å². The minimum atomic E-state index is -0.378. The third-order valence-corrected chi connectivity index (χ3v) is 4.90. The Bertz CT molecular complexity index is 906. The van der Waals surface area contributed by atoms with Crippen LogP contribution in [-0.4, -0.2) is 17.6 Å². The molecular formula is C20H20FN3OS. The number of halogens is 1. The van der Waals surface area contributed by atoms with Crippen molar-refractivity contribution < 1.29 is 9.18 Å². The summed E-state index contributed by atoms with van der Waals surface area (Å²) in [6.07, 6.45) is 0.637. The number of rotatable bonds is 5. The number of hydrogen-bond donors (Lipinski definition) is 2. The molecule has 0 aliphatic rings. The number of carbonyl (C=O) groups is 1. The zero-order valence-corrected chi connectivity index (χ0v) is 15.5. The summed E-state index contributed by atoms with van der Waals surface area (Å²) in [6.45, 7) is 4.33. The number of urea groups is 1. The van der Waals surface area contributed by atoms with Gasteiger partial charge in [0.25, 0.3) is 0 Å². The summed E-state index contributed by atoms with van der Waals surface area (Å²) < 4.78 is 13.3. The lowest BCUT2D eigenvalue weighted by Crippen LogP contribution is -2.30. The second-order valence-corrected chi connectivity index (χ2v) is 6.96. The fraction of sp³-hybridized carbons (Fsp3) is 0.200. The number of amides is 2. The van der Waals surface area contributed by atoms with Crippen molar-refractivity contribution in [2.24, 2.45) is 0 Å². The first kappa shape index (κ1) is 18.1. The number of aryl methyl sites for hydroxylation is 2. The number of aromatic nitrogens is 1. The summed E-state index contributed by atoms with van der Waals surface area (Å²) in [4.78, 5) is 16.6. The van der Waals surface area contributed by atoms with Crippen molar-refractivity contribution in [1.29, 1.82) is 0 Å². The number of anilines is 1. The van der Waals surface area contributed by atoms with Crippen LogP contribution < -0.4 is 10.6 Å². The van der Waals surface area contributed by atoms with Gasteiger partial charge in [0.05, 0.1) is 5.69 Å². The van der Waals surface area contributed by atoms with Gasteiger partial charge in [-0.2, -0.15) is 0 Å². The van der Waals surface area contributed by atoms with Crippen molar-refractivity contribution in [3.05, 3.63) is 70.5 Å². The molecule has 26 heavy (non-hydrogen) atoms. The Morgan fingerprint density at radius 1 is 1.15 bits per heavy atom. The predicted octanol–water partition coefficient (Wildman–Crippen LogP) is 4.93. The molecule has 0 bridgehead atoms. The van der Waals surface area contributed by atoms with E-state index in [-0.39, 0.29) is 11.8 Å². The first-order chi connectivity index (χ1) is 12.5. The third-order valence-electron chi connectivity index (χ3n) is 3.96. The van der Waals surface area contributed by atoms with Crippen molar-refractivity contribution in [3.8, 4) is 10.6 Å². The van der Waals surface area contributed by atoms with Crippen molar-refractivity contribution in [1.82, 2.24) is 10.3 Å². The van der Waals surface area contributed by atoms with Gasteiger partial charge in [-0.15, -0.1) is 11.3 Å². The molecule has 0 saturated carbocycles. The number of carbonyl (C=O) groups excluding carboxylic acids is 1. The Morgan fingerprint density at radius 3 is 2.69 bits per heavy atom. The minimum absolute atomic E-state index is 0.354. The summed E-state index contributed by atoms with van der Waals surface area (Å²) in [5.74, 6) is -0.378. The van der Waals surface area contributed by atoms with Gasteiger partial charge >= 0.3 is 6.03 Å². The van der Waals surface area contributed by atoms with E-state index in [1.165, 1.54) is 17.7 Å². The second-order valence-electron chi connectivity index (χ2n) is 6.10. The van der Waals surface area contributed by atoms with Gasteiger partial charge in [0.2, 0.25) is 0 Å². The highest BCUT2D eigenvalue weighted by Gasteiger charge is 2.07. The SMILES string of the molecule is Cc1ccc(-c2nc(CCNC(=O)Nc3cc(F)ccc3C)cs2)cc1. The van der Waals surface area contributed by atoms with E-state index >= 15 is 0 Å². The second kappa shape index (κ2) is 8.10. The highest BCUT2D eigenvalue weighted by molar-refractivity contribution is 7.13. The molecule has 134 valence electrons. The largest absolute Gasteiger partial charge is 0.337 e. The number of thiazole rings is 1. The van der Waals surface area contributed by atoms with Crippen molar-refractivity contribution in [2.75, 3.05) is 11.9 Å². The highest BCUT2D eigenvalue weighted by Crippen LogP contribution is 2.24. The third kappa shape index (κ3) is 4.67. The molecule has 2 N–H and O–H groups in total. The average molecular weight is 369 g/mol. The summed E-state index contributed by atoms with van der Waals surface area (Å²) >= 11 is 1.59. The average Bonchev–Trinajstić information content (AvgIpc) is 3.08. The van der Waals surface area contributed by atoms with Crippen molar-refractivity contribution >= 4 is 23.1 Å². The minimum Gasteiger partial charge on any atom is -0.337 e. The van der Waals surface area contributed by atoms with Crippen LogP contribution in [0.5, 0.6) is 0 Å². The lowest BCUT2D eigenvalue weighted by molar-refractivity contribution is 0.252. The van der Waals surface area contributed by atoms with Gasteiger partial charge in [-0.25, -0.2) is 14.2 Å². The van der Waals surface area contributed by atoms with Crippen LogP contribution in [0.4, 0.5) is 14.9 Å². The molecule has 0 saturated heterocycles. The zero-order chi connectivity index (χ0) is 18.5. The molecule has 4 nitrogen and oxygen atoms in total. The van der Waals surface area contributed by atoms with E-state index in [1.807, 2.05) is 12.3 Å². The Hall–Kier alpha value is -2.73. The predicted molar refractivity (Wildman–Crippen MR) is 104 cm³/mol.